The average Bonchev–Trinajstić information content (AvgIpc) is 2.76. The Balaban J connectivity index is 0.00000161. The van der Waals surface area contributed by atoms with Crippen molar-refractivity contribution < 1.29 is 44.3 Å². The number of fused-ring (bicyclic) bond motifs is 1. The fourth-order valence-corrected chi connectivity index (χ4v) is 5.21. The van der Waals surface area contributed by atoms with E-state index in [0.29, 0.717) is 11.7 Å². The number of carbonyl (C=O) groups excluding carboxylic acids is 2. The molecule has 1 amide bonds. The van der Waals surface area contributed by atoms with E-state index in [9.17, 15) is 14.7 Å². The van der Waals surface area contributed by atoms with Crippen LogP contribution in [0.1, 0.15) is 51.9 Å². The summed E-state index contributed by atoms with van der Waals surface area (Å²) in [6.07, 6.45) is 7.57. The molecule has 1 aliphatic carbocycles. The SMILES string of the molecule is CC[C@H]1C(=O)N2C(C(=O)[O-])=C(SC3CCCCC3)C[C@H]12.[Na+]. The maximum Gasteiger partial charge on any atom is 1.00 e. The van der Waals surface area contributed by atoms with Gasteiger partial charge in [0.15, 0.2) is 0 Å². The van der Waals surface area contributed by atoms with Crippen molar-refractivity contribution in [2.75, 3.05) is 0 Å². The summed E-state index contributed by atoms with van der Waals surface area (Å²) in [6.45, 7) is 1.99. The largest absolute Gasteiger partial charge is 1.00 e. The number of thioether (sulfide) groups is 1. The van der Waals surface area contributed by atoms with Crippen LogP contribution in [0.15, 0.2) is 10.6 Å². The van der Waals surface area contributed by atoms with Gasteiger partial charge in [-0.2, -0.15) is 0 Å². The summed E-state index contributed by atoms with van der Waals surface area (Å²) < 4.78 is 0. The van der Waals surface area contributed by atoms with Crippen LogP contribution in [0.3, 0.4) is 0 Å². The van der Waals surface area contributed by atoms with E-state index < -0.39 is 5.97 Å². The molecule has 2 aliphatic heterocycles. The summed E-state index contributed by atoms with van der Waals surface area (Å²) in [6, 6.07) is 0.0755. The number of rotatable bonds is 4. The van der Waals surface area contributed by atoms with Crippen LogP contribution in [0.2, 0.25) is 0 Å². The molecule has 21 heavy (non-hydrogen) atoms. The minimum absolute atomic E-state index is 0. The average molecular weight is 317 g/mol. The summed E-state index contributed by atoms with van der Waals surface area (Å²) >= 11 is 1.69. The number of aliphatic carboxylic acids is 1. The first-order valence-corrected chi connectivity index (χ1v) is 8.45. The van der Waals surface area contributed by atoms with Gasteiger partial charge in [0, 0.05) is 16.6 Å². The van der Waals surface area contributed by atoms with Crippen molar-refractivity contribution in [2.45, 2.75) is 63.2 Å². The van der Waals surface area contributed by atoms with Crippen molar-refractivity contribution in [1.82, 2.24) is 4.90 Å². The van der Waals surface area contributed by atoms with Gasteiger partial charge in [-0.3, -0.25) is 4.79 Å². The van der Waals surface area contributed by atoms with Gasteiger partial charge in [0.25, 0.3) is 0 Å². The third-order valence-electron chi connectivity index (χ3n) is 4.74. The number of nitrogens with zero attached hydrogens (tertiary/aromatic N) is 1. The Bertz CT molecular complexity index is 474. The molecule has 3 aliphatic rings. The second-order valence-electron chi connectivity index (χ2n) is 5.93. The molecule has 0 aromatic rings. The number of carbonyl (C=O) groups is 2. The van der Waals surface area contributed by atoms with Crippen LogP contribution in [0.25, 0.3) is 0 Å². The molecule has 1 saturated heterocycles. The Morgan fingerprint density at radius 1 is 1.33 bits per heavy atom. The van der Waals surface area contributed by atoms with Crippen molar-refractivity contribution >= 4 is 23.6 Å². The van der Waals surface area contributed by atoms with E-state index in [1.54, 1.807) is 11.8 Å². The van der Waals surface area contributed by atoms with Gasteiger partial charge in [0.2, 0.25) is 5.91 Å². The molecule has 0 spiro atoms. The normalized spacial score (nSPS) is 29.0. The van der Waals surface area contributed by atoms with Gasteiger partial charge in [-0.1, -0.05) is 26.2 Å². The predicted molar refractivity (Wildman–Crippen MR) is 75.5 cm³/mol. The Morgan fingerprint density at radius 2 is 2.00 bits per heavy atom. The molecular formula is C15H20NNaO3S. The van der Waals surface area contributed by atoms with Crippen LogP contribution in [-0.4, -0.2) is 28.1 Å². The van der Waals surface area contributed by atoms with Gasteiger partial charge in [-0.05, 0) is 19.3 Å². The molecule has 0 aromatic carbocycles. The van der Waals surface area contributed by atoms with E-state index in [1.165, 1.54) is 24.2 Å². The van der Waals surface area contributed by atoms with Crippen molar-refractivity contribution in [2.24, 2.45) is 5.92 Å². The van der Waals surface area contributed by atoms with Crippen LogP contribution >= 0.6 is 11.8 Å². The molecule has 0 bridgehead atoms. The second-order valence-corrected chi connectivity index (χ2v) is 7.33. The maximum atomic E-state index is 12.0. The van der Waals surface area contributed by atoms with Gasteiger partial charge in [-0.25, -0.2) is 0 Å². The van der Waals surface area contributed by atoms with E-state index >= 15 is 0 Å². The van der Waals surface area contributed by atoms with Crippen LogP contribution in [0.5, 0.6) is 0 Å². The smallest absolute Gasteiger partial charge is 0.543 e. The Labute approximate surface area is 152 Å². The number of hydrogen-bond acceptors (Lipinski definition) is 4. The molecular weight excluding hydrogens is 297 g/mol. The molecule has 0 radical (unpaired) electrons. The summed E-state index contributed by atoms with van der Waals surface area (Å²) in [5.41, 5.74) is 0.167. The zero-order valence-electron chi connectivity index (χ0n) is 12.8. The van der Waals surface area contributed by atoms with Crippen molar-refractivity contribution in [3.05, 3.63) is 10.6 Å². The number of carboxylic acids is 1. The molecule has 0 N–H and O–H groups in total. The van der Waals surface area contributed by atoms with Crippen LogP contribution < -0.4 is 34.7 Å². The van der Waals surface area contributed by atoms with Gasteiger partial charge < -0.3 is 14.8 Å². The summed E-state index contributed by atoms with van der Waals surface area (Å²) in [5.74, 6) is -1.21. The fourth-order valence-electron chi connectivity index (χ4n) is 3.68. The summed E-state index contributed by atoms with van der Waals surface area (Å²) in [4.78, 5) is 25.8. The first-order valence-electron chi connectivity index (χ1n) is 7.57. The van der Waals surface area contributed by atoms with E-state index in [2.05, 4.69) is 0 Å². The van der Waals surface area contributed by atoms with Gasteiger partial charge >= 0.3 is 29.6 Å². The first-order chi connectivity index (χ1) is 9.63. The zero-order chi connectivity index (χ0) is 14.3. The molecule has 110 valence electrons. The van der Waals surface area contributed by atoms with E-state index in [1.807, 2.05) is 6.92 Å². The summed E-state index contributed by atoms with van der Waals surface area (Å²) in [7, 11) is 0. The first kappa shape index (κ1) is 17.4. The minimum Gasteiger partial charge on any atom is -0.543 e. The number of hydrogen-bond donors (Lipinski definition) is 0. The molecule has 1 saturated carbocycles. The second kappa shape index (κ2) is 7.07. The number of β-lactam (4-membered cyclic amide) rings is 1. The van der Waals surface area contributed by atoms with E-state index in [0.717, 1.165) is 24.2 Å². The van der Waals surface area contributed by atoms with Crippen LogP contribution in [0, 0.1) is 5.92 Å². The minimum atomic E-state index is -1.19. The topological polar surface area (TPSA) is 60.4 Å². The maximum absolute atomic E-state index is 12.0. The molecule has 4 nitrogen and oxygen atoms in total. The van der Waals surface area contributed by atoms with Crippen molar-refractivity contribution in [1.29, 1.82) is 0 Å². The Kier molecular flexibility index (Phi) is 5.85. The molecule has 6 heteroatoms. The summed E-state index contributed by atoms with van der Waals surface area (Å²) in [5, 5.41) is 11.9. The molecule has 0 unspecified atom stereocenters. The van der Waals surface area contributed by atoms with Crippen LogP contribution in [0.4, 0.5) is 0 Å². The van der Waals surface area contributed by atoms with Gasteiger partial charge in [0.05, 0.1) is 23.6 Å². The number of carboxylic acid groups (broad SMARTS) is 1. The van der Waals surface area contributed by atoms with E-state index in [4.69, 9.17) is 0 Å². The fraction of sp³-hybridized carbons (Fsp3) is 0.733. The van der Waals surface area contributed by atoms with Gasteiger partial charge in [0.1, 0.15) is 0 Å². The Hall–Kier alpha value is 0.0300. The molecule has 2 fully saturated rings. The zero-order valence-corrected chi connectivity index (χ0v) is 15.6. The van der Waals surface area contributed by atoms with Crippen LogP contribution in [-0.2, 0) is 9.59 Å². The predicted octanol–water partition coefficient (Wildman–Crippen LogP) is -1.34. The molecule has 3 rings (SSSR count). The molecule has 2 atom stereocenters. The van der Waals surface area contributed by atoms with Gasteiger partial charge in [-0.15, -0.1) is 11.8 Å². The monoisotopic (exact) mass is 317 g/mol. The molecule has 2 heterocycles. The van der Waals surface area contributed by atoms with E-state index in [-0.39, 0.29) is 53.1 Å². The Morgan fingerprint density at radius 3 is 2.57 bits per heavy atom. The molecule has 0 aromatic heterocycles. The quantitative estimate of drug-likeness (QED) is 0.476. The third-order valence-corrected chi connectivity index (χ3v) is 6.19. The van der Waals surface area contributed by atoms with Crippen molar-refractivity contribution in [3.8, 4) is 0 Å². The number of amides is 1. The van der Waals surface area contributed by atoms with Crippen molar-refractivity contribution in [3.63, 3.8) is 0 Å². The standard InChI is InChI=1S/C15H21NO3S.Na/c1-2-10-11-8-12(20-9-6-4-3-5-7-9)13(15(18)19)16(11)14(10)17;/h9-11H,2-8H2,1H3,(H,18,19);/q;+1/p-1/t10-,11-;/m1./s1. The third kappa shape index (κ3) is 3.07.